The van der Waals surface area contributed by atoms with E-state index in [0.717, 1.165) is 50.9 Å². The fourth-order valence-electron chi connectivity index (χ4n) is 13.4. The molecule has 4 aromatic heterocycles. The third kappa shape index (κ3) is 16.7. The van der Waals surface area contributed by atoms with E-state index < -0.39 is 63.1 Å². The van der Waals surface area contributed by atoms with Gasteiger partial charge in [-0.15, -0.1) is 0 Å². The predicted octanol–water partition coefficient (Wildman–Crippen LogP) is 12.6. The number of benzene rings is 6. The minimum atomic E-state index is -2.19. The van der Waals surface area contributed by atoms with Crippen molar-refractivity contribution in [2.75, 3.05) is 64.9 Å². The first kappa shape index (κ1) is 73.2. The van der Waals surface area contributed by atoms with Crippen LogP contribution >= 0.6 is 8.60 Å². The van der Waals surface area contributed by atoms with E-state index in [9.17, 15) is 24.3 Å². The van der Waals surface area contributed by atoms with Crippen molar-refractivity contribution in [1.82, 2.24) is 49.3 Å². The van der Waals surface area contributed by atoms with Gasteiger partial charge in [-0.25, -0.2) is 34.7 Å². The molecule has 6 aromatic carbocycles. The number of aliphatic hydroxyl groups excluding tert-OH is 1. The quantitative estimate of drug-likeness (QED) is 0.0225. The lowest BCUT2D eigenvalue weighted by molar-refractivity contribution is -0.121. The predicted molar refractivity (Wildman–Crippen MR) is 392 cm³/mol. The summed E-state index contributed by atoms with van der Waals surface area (Å²) in [5.41, 5.74) is 8.27. The number of aromatic nitrogens is 8. The smallest absolute Gasteiger partial charge is 0.409 e. The van der Waals surface area contributed by atoms with Gasteiger partial charge >= 0.3 is 14.7 Å². The third-order valence-electron chi connectivity index (χ3n) is 19.0. The Bertz CT molecular complexity index is 4530. The Labute approximate surface area is 609 Å². The number of nitrogens with one attached hydrogen (secondary N) is 3. The first-order valence-corrected chi connectivity index (χ1v) is 36.4. The van der Waals surface area contributed by atoms with E-state index in [0.29, 0.717) is 71.1 Å². The van der Waals surface area contributed by atoms with Crippen LogP contribution in [0.2, 0.25) is 0 Å². The number of carbonyl (C=O) groups is 4. The highest BCUT2D eigenvalue weighted by Gasteiger charge is 2.46. The summed E-state index contributed by atoms with van der Waals surface area (Å²) in [4.78, 5) is 81.7. The number of hydrogen-bond acceptors (Lipinski definition) is 20. The Morgan fingerprint density at radius 2 is 1.23 bits per heavy atom. The molecule has 0 saturated carbocycles. The minimum absolute atomic E-state index is 0.0268. The molecule has 0 spiro atoms. The summed E-state index contributed by atoms with van der Waals surface area (Å²) in [6.45, 7) is 6.99. The zero-order valence-corrected chi connectivity index (χ0v) is 60.2. The van der Waals surface area contributed by atoms with Gasteiger partial charge in [-0.3, -0.25) is 23.5 Å². The topological polar surface area (TPSA) is 298 Å². The largest absolute Gasteiger partial charge is 0.497 e. The average Bonchev–Trinajstić information content (AvgIpc) is 1.54. The number of rotatable bonds is 32. The first-order valence-electron chi connectivity index (χ1n) is 35.3. The number of amides is 4. The van der Waals surface area contributed by atoms with Gasteiger partial charge in [-0.05, 0) is 106 Å². The van der Waals surface area contributed by atoms with Crippen molar-refractivity contribution in [3.63, 3.8) is 0 Å². The lowest BCUT2D eigenvalue weighted by atomic mass is 9.80. The highest BCUT2D eigenvalue weighted by Crippen LogP contribution is 2.50. The average molecular weight is 1450 g/mol. The van der Waals surface area contributed by atoms with Crippen LogP contribution in [0.25, 0.3) is 33.5 Å². The van der Waals surface area contributed by atoms with Crippen LogP contribution in [0.4, 0.5) is 16.4 Å². The van der Waals surface area contributed by atoms with Crippen LogP contribution in [0, 0.1) is 5.92 Å². The van der Waals surface area contributed by atoms with Crippen LogP contribution in [0.15, 0.2) is 177 Å². The highest BCUT2D eigenvalue weighted by atomic mass is 31.2. The molecule has 2 aliphatic heterocycles. The van der Waals surface area contributed by atoms with Gasteiger partial charge < -0.3 is 67.9 Å². The number of aliphatic hydroxyl groups is 1. The van der Waals surface area contributed by atoms with Crippen LogP contribution < -0.4 is 25.4 Å². The van der Waals surface area contributed by atoms with E-state index in [1.54, 1.807) is 61.0 Å². The summed E-state index contributed by atoms with van der Waals surface area (Å²) in [6, 6.07) is 48.7. The van der Waals surface area contributed by atoms with E-state index in [4.69, 9.17) is 47.0 Å². The Hall–Kier alpha value is -10.2. The summed E-state index contributed by atoms with van der Waals surface area (Å²) in [6.07, 6.45) is 2.94. The molecule has 0 radical (unpaired) electrons. The van der Waals surface area contributed by atoms with Gasteiger partial charge in [0.2, 0.25) is 11.8 Å². The third-order valence-corrected chi connectivity index (χ3v) is 20.2. The van der Waals surface area contributed by atoms with Crippen LogP contribution in [0.5, 0.6) is 11.5 Å². The second-order valence-electron chi connectivity index (χ2n) is 26.4. The Morgan fingerprint density at radius 1 is 0.648 bits per heavy atom. The SMILES string of the molecule is CCCOP(OC[C@H]1O[C@@H](n2cnc3c(NC(=O)CCCN(C)C(=O)OCC4c5ccccc5-c5ccccc54)ncnc32)CC1O)OC1C[C@H](n2cnc3c(NC(=O)c4ccc(CNC(=O)CCC(C)C)cc4)ncnc32)O[C@@H]1COC(c1ccccc1)(c1ccc(OC)cc1)c1ccc(OC)cc1. The molecule has 27 heteroatoms. The molecule has 4 N–H and O–H groups in total. The van der Waals surface area contributed by atoms with Crippen LogP contribution in [-0.4, -0.2) is 152 Å². The van der Waals surface area contributed by atoms with E-state index in [1.165, 1.54) is 23.9 Å². The lowest BCUT2D eigenvalue weighted by Gasteiger charge is -2.37. The minimum Gasteiger partial charge on any atom is -0.497 e. The van der Waals surface area contributed by atoms with E-state index >= 15 is 0 Å². The molecule has 2 saturated heterocycles. The molecule has 3 aliphatic rings. The molecule has 13 rings (SSSR count). The molecule has 2 fully saturated rings. The van der Waals surface area contributed by atoms with E-state index in [2.05, 4.69) is 79.0 Å². The number of imidazole rings is 2. The van der Waals surface area contributed by atoms with Crippen molar-refractivity contribution in [2.45, 2.75) is 121 Å². The molecular formula is C78H85N12O14P. The molecule has 26 nitrogen and oxygen atoms in total. The molecule has 546 valence electrons. The standard InChI is InChI=1S/C78H85N12O14P/c1-7-38-100-105(101-44-64-62(91)39-68(102-64)89-47-84-70-72(80-45-82-74(70)89)86-67(93)22-15-37-88(4)77(95)98-42-61-59-20-13-11-18-57(59)58-19-12-14-21-60(58)61)104-63-40-69(90-48-85-71-73(81-46-83-75(71)90)87-76(94)51-26-24-50(25-27-51)41-79-66(92)36-23-49(2)3)103-65(63)43-99-78(52-16-9-8-10-17-52,53-28-32-55(96-5)33-29-53)54-30-34-56(97-6)35-31-54/h8-14,16-21,24-35,45-49,61-65,68-69,91H,7,15,22-23,36-44H2,1-6H3,(H,79,92)(H,80,82,86,93)(H,81,83,87,94)/t62?,63?,64-,65-,68-,69-,105?/m1/s1. The van der Waals surface area contributed by atoms with Crippen molar-refractivity contribution >= 4 is 66.4 Å². The van der Waals surface area contributed by atoms with Gasteiger partial charge in [0.25, 0.3) is 5.91 Å². The second kappa shape index (κ2) is 33.7. The maximum absolute atomic E-state index is 13.9. The zero-order valence-electron chi connectivity index (χ0n) is 59.3. The number of carbonyl (C=O) groups excluding carboxylic acids is 4. The number of ether oxygens (including phenoxy) is 6. The molecule has 105 heavy (non-hydrogen) atoms. The van der Waals surface area contributed by atoms with Crippen molar-refractivity contribution in [1.29, 1.82) is 0 Å². The molecular weight excluding hydrogens is 1360 g/mol. The molecule has 6 heterocycles. The first-order chi connectivity index (χ1) is 51.2. The Morgan fingerprint density at radius 3 is 1.84 bits per heavy atom. The second-order valence-corrected chi connectivity index (χ2v) is 27.6. The molecule has 3 unspecified atom stereocenters. The Kier molecular flexibility index (Phi) is 23.5. The van der Waals surface area contributed by atoms with Crippen molar-refractivity contribution < 1.29 is 66.3 Å². The summed E-state index contributed by atoms with van der Waals surface area (Å²) in [5, 5.41) is 20.4. The highest BCUT2D eigenvalue weighted by molar-refractivity contribution is 7.41. The van der Waals surface area contributed by atoms with E-state index in [-0.39, 0.29) is 81.6 Å². The van der Waals surface area contributed by atoms with Gasteiger partial charge in [0.1, 0.15) is 61.0 Å². The zero-order chi connectivity index (χ0) is 73.0. The lowest BCUT2D eigenvalue weighted by Crippen LogP contribution is -2.38. The maximum atomic E-state index is 13.9. The molecule has 0 bridgehead atoms. The van der Waals surface area contributed by atoms with Gasteiger partial charge in [0, 0.05) is 57.3 Å². The fraction of sp³-hybridized carbons (Fsp3) is 0.359. The number of hydrogen-bond donors (Lipinski definition) is 4. The molecule has 4 amide bonds. The Balaban J connectivity index is 0.692. The van der Waals surface area contributed by atoms with Gasteiger partial charge in [-0.2, -0.15) is 0 Å². The summed E-state index contributed by atoms with van der Waals surface area (Å²) >= 11 is 0. The van der Waals surface area contributed by atoms with Crippen LogP contribution in [0.3, 0.4) is 0 Å². The fourth-order valence-corrected chi connectivity index (χ4v) is 14.6. The summed E-state index contributed by atoms with van der Waals surface area (Å²) in [5.74, 6) is 1.24. The number of fused-ring (bicyclic) bond motifs is 5. The van der Waals surface area contributed by atoms with Crippen molar-refractivity contribution in [3.05, 3.63) is 216 Å². The van der Waals surface area contributed by atoms with Crippen molar-refractivity contribution in [3.8, 4) is 22.6 Å². The summed E-state index contributed by atoms with van der Waals surface area (Å²) < 4.78 is 61.6. The monoisotopic (exact) mass is 1440 g/mol. The molecule has 10 aromatic rings. The van der Waals surface area contributed by atoms with E-state index in [1.807, 2.05) is 110 Å². The van der Waals surface area contributed by atoms with Gasteiger partial charge in [0.15, 0.2) is 34.0 Å². The summed E-state index contributed by atoms with van der Waals surface area (Å²) in [7, 11) is 2.69. The van der Waals surface area contributed by atoms with Crippen LogP contribution in [0.1, 0.15) is 128 Å². The number of nitrogens with zero attached hydrogens (tertiary/aromatic N) is 9. The molecule has 1 aliphatic carbocycles. The van der Waals surface area contributed by atoms with Crippen LogP contribution in [-0.2, 0) is 54.3 Å². The normalized spacial score (nSPS) is 18.1. The molecule has 7 atom stereocenters. The maximum Gasteiger partial charge on any atom is 0.409 e. The van der Waals surface area contributed by atoms with Gasteiger partial charge in [-0.1, -0.05) is 136 Å². The number of methoxy groups -OCH3 is 2. The van der Waals surface area contributed by atoms with Gasteiger partial charge in [0.05, 0.1) is 58.9 Å². The van der Waals surface area contributed by atoms with Crippen molar-refractivity contribution in [2.24, 2.45) is 5.92 Å². The number of anilines is 2.